The molecule has 5 nitrogen and oxygen atoms in total. The molecule has 1 heterocycles. The second-order valence-electron chi connectivity index (χ2n) is 7.64. The predicted molar refractivity (Wildman–Crippen MR) is 110 cm³/mol. The van der Waals surface area contributed by atoms with Crippen LogP contribution >= 0.6 is 34.5 Å². The van der Waals surface area contributed by atoms with Gasteiger partial charge in [-0.15, -0.1) is 11.3 Å². The number of carbonyl (C=O) groups excluding carboxylic acids is 1. The van der Waals surface area contributed by atoms with Crippen molar-refractivity contribution >= 4 is 40.6 Å². The van der Waals surface area contributed by atoms with Crippen molar-refractivity contribution in [2.45, 2.75) is 58.3 Å². The van der Waals surface area contributed by atoms with Crippen LogP contribution in [-0.2, 0) is 13.2 Å². The minimum absolute atomic E-state index is 0.0403. The fourth-order valence-corrected chi connectivity index (χ4v) is 3.57. The highest BCUT2D eigenvalue weighted by molar-refractivity contribution is 7.09. The van der Waals surface area contributed by atoms with Crippen LogP contribution in [0.2, 0.25) is 10.0 Å². The molecule has 3 rings (SSSR count). The summed E-state index contributed by atoms with van der Waals surface area (Å²) >= 11 is 13.6. The van der Waals surface area contributed by atoms with E-state index in [2.05, 4.69) is 10.3 Å². The number of aromatic nitrogens is 1. The number of benzene rings is 1. The van der Waals surface area contributed by atoms with Gasteiger partial charge in [-0.2, -0.15) is 0 Å². The van der Waals surface area contributed by atoms with Crippen molar-refractivity contribution in [3.63, 3.8) is 0 Å². The summed E-state index contributed by atoms with van der Waals surface area (Å²) in [4.78, 5) is 19.0. The normalized spacial score (nSPS) is 14.1. The van der Waals surface area contributed by atoms with Crippen LogP contribution in [0.1, 0.15) is 44.3 Å². The molecule has 0 radical (unpaired) electrons. The van der Waals surface area contributed by atoms with E-state index in [1.54, 1.807) is 18.2 Å². The highest BCUT2D eigenvalue weighted by Gasteiger charge is 2.34. The quantitative estimate of drug-likeness (QED) is 0.661. The zero-order valence-corrected chi connectivity index (χ0v) is 17.9. The Labute approximate surface area is 173 Å². The molecule has 2 amide bonds. The number of nitrogens with one attached hydrogen (secondary N) is 1. The third-order valence-electron chi connectivity index (χ3n) is 3.91. The average molecular weight is 428 g/mol. The van der Waals surface area contributed by atoms with Crippen LogP contribution < -0.4 is 10.1 Å². The van der Waals surface area contributed by atoms with E-state index in [1.165, 1.54) is 11.3 Å². The Morgan fingerprint density at radius 2 is 2.11 bits per heavy atom. The Morgan fingerprint density at radius 1 is 1.37 bits per heavy atom. The number of amides is 2. The fraction of sp³-hybridized carbons (Fsp3) is 0.474. The molecule has 8 heteroatoms. The summed E-state index contributed by atoms with van der Waals surface area (Å²) in [6.45, 7) is 6.75. The van der Waals surface area contributed by atoms with Gasteiger partial charge in [-0.25, -0.2) is 9.78 Å². The van der Waals surface area contributed by atoms with Crippen LogP contribution in [0.4, 0.5) is 4.79 Å². The lowest BCUT2D eigenvalue weighted by Gasteiger charge is -2.28. The lowest BCUT2D eigenvalue weighted by molar-refractivity contribution is 0.182. The summed E-state index contributed by atoms with van der Waals surface area (Å²) in [6, 6.07) is 5.37. The van der Waals surface area contributed by atoms with Crippen LogP contribution in [0, 0.1) is 0 Å². The van der Waals surface area contributed by atoms with Crippen LogP contribution in [0.3, 0.4) is 0 Å². The van der Waals surface area contributed by atoms with Gasteiger partial charge in [0.2, 0.25) is 0 Å². The number of hydrogen-bond acceptors (Lipinski definition) is 4. The van der Waals surface area contributed by atoms with Crippen molar-refractivity contribution in [1.82, 2.24) is 15.2 Å². The van der Waals surface area contributed by atoms with E-state index in [9.17, 15) is 4.79 Å². The molecule has 1 aliphatic rings. The first kappa shape index (κ1) is 20.2. The fourth-order valence-electron chi connectivity index (χ4n) is 2.54. The number of rotatable bonds is 6. The molecule has 27 heavy (non-hydrogen) atoms. The first-order valence-electron chi connectivity index (χ1n) is 8.81. The van der Waals surface area contributed by atoms with Crippen LogP contribution in [-0.4, -0.2) is 27.5 Å². The summed E-state index contributed by atoms with van der Waals surface area (Å²) in [7, 11) is 0. The Bertz CT molecular complexity index is 816. The zero-order valence-electron chi connectivity index (χ0n) is 15.6. The molecule has 1 fully saturated rings. The van der Waals surface area contributed by atoms with Crippen LogP contribution in [0.5, 0.6) is 5.75 Å². The Morgan fingerprint density at radius 3 is 2.78 bits per heavy atom. The molecule has 1 saturated carbocycles. The molecule has 2 aromatic rings. The zero-order chi connectivity index (χ0) is 19.6. The van der Waals surface area contributed by atoms with E-state index < -0.39 is 0 Å². The van der Waals surface area contributed by atoms with Crippen LogP contribution in [0.25, 0.3) is 0 Å². The van der Waals surface area contributed by atoms with Gasteiger partial charge >= 0.3 is 6.03 Å². The maximum absolute atomic E-state index is 12.6. The van der Waals surface area contributed by atoms with Crippen molar-refractivity contribution < 1.29 is 9.53 Å². The van der Waals surface area contributed by atoms with Gasteiger partial charge < -0.3 is 15.0 Å². The minimum atomic E-state index is -0.262. The summed E-state index contributed by atoms with van der Waals surface area (Å²) < 4.78 is 5.73. The molecular formula is C19H23Cl2N3O2S. The van der Waals surface area contributed by atoms with Crippen molar-refractivity contribution in [1.29, 1.82) is 0 Å². The highest BCUT2D eigenvalue weighted by Crippen LogP contribution is 2.30. The minimum Gasteiger partial charge on any atom is -0.485 e. The molecule has 0 saturated heterocycles. The topological polar surface area (TPSA) is 54.5 Å². The number of halogens is 2. The number of ether oxygens (including phenoxy) is 1. The van der Waals surface area contributed by atoms with Gasteiger partial charge in [0, 0.05) is 28.0 Å². The van der Waals surface area contributed by atoms with Gasteiger partial charge in [0.1, 0.15) is 17.4 Å². The highest BCUT2D eigenvalue weighted by atomic mass is 35.5. The average Bonchev–Trinajstić information content (AvgIpc) is 3.31. The molecule has 0 spiro atoms. The first-order chi connectivity index (χ1) is 12.7. The summed E-state index contributed by atoms with van der Waals surface area (Å²) in [6.07, 6.45) is 2.09. The van der Waals surface area contributed by atoms with Gasteiger partial charge in [-0.3, -0.25) is 0 Å². The van der Waals surface area contributed by atoms with Crippen molar-refractivity contribution in [2.24, 2.45) is 0 Å². The first-order valence-corrected chi connectivity index (χ1v) is 10.4. The van der Waals surface area contributed by atoms with Gasteiger partial charge in [-0.05, 0) is 45.7 Å². The van der Waals surface area contributed by atoms with E-state index in [1.807, 2.05) is 31.1 Å². The number of hydrogen-bond donors (Lipinski definition) is 1. The molecule has 1 aromatic carbocycles. The molecule has 1 aromatic heterocycles. The Kier molecular flexibility index (Phi) is 6.18. The Hall–Kier alpha value is -1.50. The van der Waals surface area contributed by atoms with E-state index in [-0.39, 0.29) is 11.6 Å². The molecule has 0 aliphatic heterocycles. The van der Waals surface area contributed by atoms with Gasteiger partial charge in [0.05, 0.1) is 17.3 Å². The third kappa shape index (κ3) is 5.99. The molecule has 0 bridgehead atoms. The number of thiazole rings is 1. The maximum atomic E-state index is 12.6. The summed E-state index contributed by atoms with van der Waals surface area (Å²) in [5, 5.41) is 6.91. The summed E-state index contributed by atoms with van der Waals surface area (Å²) in [5.74, 6) is 0.532. The van der Waals surface area contributed by atoms with Crippen molar-refractivity contribution in [2.75, 3.05) is 0 Å². The summed E-state index contributed by atoms with van der Waals surface area (Å²) in [5.41, 5.74) is 0.605. The predicted octanol–water partition coefficient (Wildman–Crippen LogP) is 5.50. The smallest absolute Gasteiger partial charge is 0.318 e. The molecule has 1 N–H and O–H groups in total. The number of urea groups is 1. The maximum Gasteiger partial charge on any atom is 0.318 e. The van der Waals surface area contributed by atoms with E-state index in [0.29, 0.717) is 35.0 Å². The lowest BCUT2D eigenvalue weighted by atomic mass is 10.1. The van der Waals surface area contributed by atoms with Gasteiger partial charge in [0.25, 0.3) is 0 Å². The van der Waals surface area contributed by atoms with Gasteiger partial charge in [0.15, 0.2) is 0 Å². The Balaban J connectivity index is 1.61. The van der Waals surface area contributed by atoms with E-state index in [0.717, 1.165) is 23.5 Å². The van der Waals surface area contributed by atoms with E-state index >= 15 is 0 Å². The molecule has 146 valence electrons. The SMILES string of the molecule is CC(C)(C)NC(=O)N(Cc1csc(COc2cc(Cl)ccc2Cl)n1)C1CC1. The number of nitrogens with zero attached hydrogens (tertiary/aromatic N) is 2. The van der Waals surface area contributed by atoms with E-state index in [4.69, 9.17) is 27.9 Å². The molecule has 0 unspecified atom stereocenters. The third-order valence-corrected chi connectivity index (χ3v) is 5.32. The monoisotopic (exact) mass is 427 g/mol. The molecule has 1 aliphatic carbocycles. The van der Waals surface area contributed by atoms with Crippen molar-refractivity contribution in [3.8, 4) is 5.75 Å². The van der Waals surface area contributed by atoms with Crippen molar-refractivity contribution in [3.05, 3.63) is 44.3 Å². The largest absolute Gasteiger partial charge is 0.485 e. The second-order valence-corrected chi connectivity index (χ2v) is 9.42. The second kappa shape index (κ2) is 8.25. The standard InChI is InChI=1S/C19H23Cl2N3O2S/c1-19(2,3)23-18(25)24(14-5-6-14)9-13-11-27-17(22-13)10-26-16-8-12(20)4-7-15(16)21/h4,7-8,11,14H,5-6,9-10H2,1-3H3,(H,23,25). The number of carbonyl (C=O) groups is 1. The molecular weight excluding hydrogens is 405 g/mol. The molecule has 0 atom stereocenters. The van der Waals surface area contributed by atoms with Gasteiger partial charge in [-0.1, -0.05) is 23.2 Å². The lowest BCUT2D eigenvalue weighted by Crippen LogP contribution is -2.49. The van der Waals surface area contributed by atoms with Crippen LogP contribution in [0.15, 0.2) is 23.6 Å².